The summed E-state index contributed by atoms with van der Waals surface area (Å²) in [5, 5.41) is 2.01. The lowest BCUT2D eigenvalue weighted by Crippen LogP contribution is -2.19. The van der Waals surface area contributed by atoms with Crippen LogP contribution >= 0.6 is 11.3 Å². The van der Waals surface area contributed by atoms with Crippen molar-refractivity contribution in [2.45, 2.75) is 13.1 Å². The Labute approximate surface area is 108 Å². The van der Waals surface area contributed by atoms with Gasteiger partial charge in [0.05, 0.1) is 18.5 Å². The number of nitrogens with two attached hydrogens (primary N) is 1. The fourth-order valence-corrected chi connectivity index (χ4v) is 2.76. The van der Waals surface area contributed by atoms with E-state index >= 15 is 0 Å². The molecule has 0 unspecified atom stereocenters. The van der Waals surface area contributed by atoms with E-state index in [1.54, 1.807) is 17.6 Å². The van der Waals surface area contributed by atoms with Crippen molar-refractivity contribution in [3.63, 3.8) is 0 Å². The molecular formula is C12H14N4OS. The Balaban J connectivity index is 1.95. The highest BCUT2D eigenvalue weighted by Gasteiger charge is 2.16. The van der Waals surface area contributed by atoms with E-state index in [1.165, 1.54) is 0 Å². The third kappa shape index (κ3) is 1.79. The van der Waals surface area contributed by atoms with E-state index in [0.29, 0.717) is 13.1 Å². The number of fused-ring (bicyclic) bond motifs is 1. The van der Waals surface area contributed by atoms with Gasteiger partial charge in [-0.1, -0.05) is 0 Å². The van der Waals surface area contributed by atoms with Crippen LogP contribution in [-0.4, -0.2) is 16.4 Å². The van der Waals surface area contributed by atoms with Gasteiger partial charge < -0.3 is 15.1 Å². The molecule has 0 aromatic carbocycles. The van der Waals surface area contributed by atoms with Crippen molar-refractivity contribution < 1.29 is 4.42 Å². The number of nitrogens with zero attached hydrogens (tertiary/aromatic N) is 3. The second kappa shape index (κ2) is 4.47. The molecule has 5 nitrogen and oxygen atoms in total. The average molecular weight is 262 g/mol. The normalized spacial score (nSPS) is 11.2. The van der Waals surface area contributed by atoms with Gasteiger partial charge in [-0.3, -0.25) is 4.40 Å². The zero-order valence-electron chi connectivity index (χ0n) is 10.0. The molecule has 0 saturated carbocycles. The highest BCUT2D eigenvalue weighted by molar-refractivity contribution is 7.15. The predicted octanol–water partition coefficient (Wildman–Crippen LogP) is 2.08. The van der Waals surface area contributed by atoms with Gasteiger partial charge in [0.15, 0.2) is 10.8 Å². The van der Waals surface area contributed by atoms with Crippen LogP contribution in [0.15, 0.2) is 34.4 Å². The largest absolute Gasteiger partial charge is 0.467 e. The molecular weight excluding hydrogens is 248 g/mol. The van der Waals surface area contributed by atoms with Crippen LogP contribution in [0, 0.1) is 0 Å². The highest BCUT2D eigenvalue weighted by Crippen LogP contribution is 2.24. The number of hydrogen-bond donors (Lipinski definition) is 1. The number of furan rings is 1. The second-order valence-corrected chi connectivity index (χ2v) is 4.95. The molecule has 0 fully saturated rings. The molecule has 0 atom stereocenters. The van der Waals surface area contributed by atoms with E-state index in [-0.39, 0.29) is 0 Å². The average Bonchev–Trinajstić information content (AvgIpc) is 3.03. The van der Waals surface area contributed by atoms with Crippen molar-refractivity contribution in [1.29, 1.82) is 0 Å². The van der Waals surface area contributed by atoms with E-state index in [0.717, 1.165) is 22.2 Å². The van der Waals surface area contributed by atoms with E-state index in [1.807, 2.05) is 35.2 Å². The number of thiazole rings is 1. The first kappa shape index (κ1) is 11.3. The third-order valence-corrected chi connectivity index (χ3v) is 3.62. The van der Waals surface area contributed by atoms with Gasteiger partial charge in [-0.15, -0.1) is 11.3 Å². The van der Waals surface area contributed by atoms with Crippen molar-refractivity contribution in [1.82, 2.24) is 9.38 Å². The van der Waals surface area contributed by atoms with Crippen LogP contribution < -0.4 is 10.6 Å². The van der Waals surface area contributed by atoms with E-state index in [4.69, 9.17) is 10.2 Å². The van der Waals surface area contributed by atoms with Crippen molar-refractivity contribution in [2.24, 2.45) is 5.73 Å². The van der Waals surface area contributed by atoms with Crippen LogP contribution in [0.25, 0.3) is 4.96 Å². The molecule has 0 aliphatic carbocycles. The Bertz CT molecular complexity index is 640. The molecule has 0 aliphatic heterocycles. The fraction of sp³-hybridized carbons (Fsp3) is 0.250. The first-order valence-corrected chi connectivity index (χ1v) is 6.55. The zero-order valence-corrected chi connectivity index (χ0v) is 10.9. The minimum absolute atomic E-state index is 0.468. The Morgan fingerprint density at radius 1 is 1.56 bits per heavy atom. The Morgan fingerprint density at radius 2 is 2.44 bits per heavy atom. The molecule has 0 saturated heterocycles. The number of rotatable bonds is 4. The van der Waals surface area contributed by atoms with Crippen molar-refractivity contribution >= 4 is 22.1 Å². The SMILES string of the molecule is CN(Cc1ccco1)c1nc2sccn2c1CN. The number of imidazole rings is 1. The molecule has 18 heavy (non-hydrogen) atoms. The van der Waals surface area contributed by atoms with Crippen LogP contribution in [0.2, 0.25) is 0 Å². The number of anilines is 1. The van der Waals surface area contributed by atoms with Gasteiger partial charge in [-0.2, -0.15) is 0 Å². The zero-order chi connectivity index (χ0) is 12.5. The summed E-state index contributed by atoms with van der Waals surface area (Å²) in [5.74, 6) is 1.83. The molecule has 0 amide bonds. The summed E-state index contributed by atoms with van der Waals surface area (Å²) in [6, 6.07) is 3.84. The molecule has 3 aromatic heterocycles. The van der Waals surface area contributed by atoms with Crippen LogP contribution in [-0.2, 0) is 13.1 Å². The summed E-state index contributed by atoms with van der Waals surface area (Å²) in [4.78, 5) is 7.64. The Hall–Kier alpha value is -1.79. The van der Waals surface area contributed by atoms with Crippen molar-refractivity contribution in [2.75, 3.05) is 11.9 Å². The monoisotopic (exact) mass is 262 g/mol. The van der Waals surface area contributed by atoms with Crippen LogP contribution in [0.5, 0.6) is 0 Å². The lowest BCUT2D eigenvalue weighted by atomic mass is 10.3. The number of hydrogen-bond acceptors (Lipinski definition) is 5. The molecule has 0 aliphatic rings. The van der Waals surface area contributed by atoms with Gasteiger partial charge in [-0.25, -0.2) is 4.98 Å². The molecule has 94 valence electrons. The molecule has 0 spiro atoms. The topological polar surface area (TPSA) is 59.7 Å². The molecule has 0 radical (unpaired) electrons. The molecule has 2 N–H and O–H groups in total. The van der Waals surface area contributed by atoms with Crippen LogP contribution in [0.4, 0.5) is 5.82 Å². The Morgan fingerprint density at radius 3 is 3.17 bits per heavy atom. The predicted molar refractivity (Wildman–Crippen MR) is 71.8 cm³/mol. The van der Waals surface area contributed by atoms with Crippen LogP contribution in [0.1, 0.15) is 11.5 Å². The third-order valence-electron chi connectivity index (χ3n) is 2.87. The maximum absolute atomic E-state index is 5.83. The van der Waals surface area contributed by atoms with Gasteiger partial charge in [0.25, 0.3) is 0 Å². The maximum atomic E-state index is 5.83. The minimum Gasteiger partial charge on any atom is -0.467 e. The first-order chi connectivity index (χ1) is 8.79. The molecule has 3 aromatic rings. The lowest BCUT2D eigenvalue weighted by Gasteiger charge is -2.16. The quantitative estimate of drug-likeness (QED) is 0.782. The van der Waals surface area contributed by atoms with Crippen LogP contribution in [0.3, 0.4) is 0 Å². The lowest BCUT2D eigenvalue weighted by molar-refractivity contribution is 0.507. The van der Waals surface area contributed by atoms with E-state index in [2.05, 4.69) is 9.88 Å². The molecule has 3 heterocycles. The standard InChI is InChI=1S/C12H14N4OS/c1-15(8-9-3-2-5-17-9)11-10(7-13)16-4-6-18-12(16)14-11/h2-6H,7-8,13H2,1H3. The molecule has 3 rings (SSSR count). The fourth-order valence-electron chi connectivity index (χ4n) is 2.03. The smallest absolute Gasteiger partial charge is 0.195 e. The summed E-state index contributed by atoms with van der Waals surface area (Å²) in [7, 11) is 1.99. The van der Waals surface area contributed by atoms with Crippen molar-refractivity contribution in [3.8, 4) is 0 Å². The number of aromatic nitrogens is 2. The first-order valence-electron chi connectivity index (χ1n) is 5.67. The van der Waals surface area contributed by atoms with Gasteiger partial charge in [0.1, 0.15) is 5.76 Å². The second-order valence-electron chi connectivity index (χ2n) is 4.08. The van der Waals surface area contributed by atoms with Gasteiger partial charge in [-0.05, 0) is 12.1 Å². The van der Waals surface area contributed by atoms with Gasteiger partial charge >= 0.3 is 0 Å². The summed E-state index contributed by atoms with van der Waals surface area (Å²) < 4.78 is 7.39. The minimum atomic E-state index is 0.468. The summed E-state index contributed by atoms with van der Waals surface area (Å²) in [6.45, 7) is 1.15. The van der Waals surface area contributed by atoms with E-state index < -0.39 is 0 Å². The highest BCUT2D eigenvalue weighted by atomic mass is 32.1. The Kier molecular flexibility index (Phi) is 2.81. The van der Waals surface area contributed by atoms with Gasteiger partial charge in [0, 0.05) is 25.2 Å². The maximum Gasteiger partial charge on any atom is 0.195 e. The molecule has 6 heteroatoms. The van der Waals surface area contributed by atoms with Crippen molar-refractivity contribution in [3.05, 3.63) is 41.4 Å². The van der Waals surface area contributed by atoms with E-state index in [9.17, 15) is 0 Å². The summed E-state index contributed by atoms with van der Waals surface area (Å²) >= 11 is 1.61. The molecule has 0 bridgehead atoms. The van der Waals surface area contributed by atoms with Gasteiger partial charge in [0.2, 0.25) is 0 Å². The summed E-state index contributed by atoms with van der Waals surface area (Å²) in [5.41, 5.74) is 6.85. The summed E-state index contributed by atoms with van der Waals surface area (Å²) in [6.07, 6.45) is 3.68.